The predicted octanol–water partition coefficient (Wildman–Crippen LogP) is 4.56. The van der Waals surface area contributed by atoms with Crippen molar-refractivity contribution in [3.63, 3.8) is 0 Å². The average molecular weight is 156 g/mol. The van der Waals surface area contributed by atoms with Crippen LogP contribution in [0.15, 0.2) is 11.6 Å². The van der Waals surface area contributed by atoms with E-state index >= 15 is 0 Å². The Bertz CT molecular complexity index is 80.0. The lowest BCUT2D eigenvalue weighted by molar-refractivity contribution is 0.784. The van der Waals surface area contributed by atoms with Gasteiger partial charge in [-0.25, -0.2) is 0 Å². The van der Waals surface area contributed by atoms with Crippen molar-refractivity contribution in [2.75, 3.05) is 0 Å². The van der Waals surface area contributed by atoms with Gasteiger partial charge >= 0.3 is 0 Å². The molecule has 0 radical (unpaired) electrons. The molecule has 0 amide bonds. The summed E-state index contributed by atoms with van der Waals surface area (Å²) in [4.78, 5) is 0. The molecule has 68 valence electrons. The maximum absolute atomic E-state index is 2.32. The normalized spacial score (nSPS) is 10.5. The molecule has 11 heavy (non-hydrogen) atoms. The van der Waals surface area contributed by atoms with Gasteiger partial charge in [0.25, 0.3) is 0 Å². The van der Waals surface area contributed by atoms with E-state index in [9.17, 15) is 0 Å². The first-order valence-corrected chi connectivity index (χ1v) is 4.96. The van der Waals surface area contributed by atoms with E-state index in [0.717, 1.165) is 0 Å². The third-order valence-corrected chi connectivity index (χ3v) is 1.48. The van der Waals surface area contributed by atoms with Crippen molar-refractivity contribution in [2.45, 2.75) is 60.3 Å². The quantitative estimate of drug-likeness (QED) is 0.523. The molecule has 0 aromatic rings. The Morgan fingerprint density at radius 2 is 1.73 bits per heavy atom. The van der Waals surface area contributed by atoms with Gasteiger partial charge in [-0.1, -0.05) is 45.8 Å². The first kappa shape index (κ1) is 13.3. The van der Waals surface area contributed by atoms with Gasteiger partial charge in [-0.2, -0.15) is 0 Å². The van der Waals surface area contributed by atoms with Gasteiger partial charge in [-0.05, 0) is 26.2 Å². The van der Waals surface area contributed by atoms with Crippen molar-refractivity contribution in [3.8, 4) is 0 Å². The molecule has 0 aliphatic carbocycles. The van der Waals surface area contributed by atoms with Crippen LogP contribution in [0.3, 0.4) is 0 Å². The van der Waals surface area contributed by atoms with Crippen molar-refractivity contribution >= 4 is 0 Å². The van der Waals surface area contributed by atoms with Crippen molar-refractivity contribution in [1.29, 1.82) is 0 Å². The lowest BCUT2D eigenvalue weighted by Crippen LogP contribution is -1.75. The first-order valence-electron chi connectivity index (χ1n) is 4.96. The summed E-state index contributed by atoms with van der Waals surface area (Å²) in [5, 5.41) is 0. The zero-order chi connectivity index (χ0) is 9.11. The molecule has 0 N–H and O–H groups in total. The van der Waals surface area contributed by atoms with E-state index in [1.54, 1.807) is 5.57 Å². The Balaban J connectivity index is 0. The van der Waals surface area contributed by atoms with Gasteiger partial charge in [0.2, 0.25) is 0 Å². The minimum atomic E-state index is 1.19. The summed E-state index contributed by atoms with van der Waals surface area (Å²) in [5.74, 6) is 0. The van der Waals surface area contributed by atoms with Gasteiger partial charge in [0.1, 0.15) is 0 Å². The van der Waals surface area contributed by atoms with E-state index in [1.165, 1.54) is 25.7 Å². The molecule has 0 bridgehead atoms. The van der Waals surface area contributed by atoms with Crippen molar-refractivity contribution in [3.05, 3.63) is 11.6 Å². The lowest BCUT2D eigenvalue weighted by Gasteiger charge is -1.96. The van der Waals surface area contributed by atoms with E-state index in [-0.39, 0.29) is 0 Å². The van der Waals surface area contributed by atoms with Crippen LogP contribution >= 0.6 is 0 Å². The summed E-state index contributed by atoms with van der Waals surface area (Å²) in [6, 6.07) is 0. The summed E-state index contributed by atoms with van der Waals surface area (Å²) >= 11 is 0. The van der Waals surface area contributed by atoms with Crippen molar-refractivity contribution < 1.29 is 0 Å². The van der Waals surface area contributed by atoms with E-state index < -0.39 is 0 Å². The van der Waals surface area contributed by atoms with Gasteiger partial charge in [-0.15, -0.1) is 0 Å². The number of unbranched alkanes of at least 4 members (excludes halogenated alkanes) is 1. The monoisotopic (exact) mass is 156 g/mol. The zero-order valence-corrected chi connectivity index (χ0v) is 8.91. The van der Waals surface area contributed by atoms with E-state index in [2.05, 4.69) is 26.8 Å². The molecular formula is C11H24. The lowest BCUT2D eigenvalue weighted by atomic mass is 10.1. The summed E-state index contributed by atoms with van der Waals surface area (Å²) in [6.07, 6.45) is 7.47. The molecule has 0 saturated heterocycles. The molecule has 0 spiro atoms. The van der Waals surface area contributed by atoms with Crippen LogP contribution in [0, 0.1) is 0 Å². The van der Waals surface area contributed by atoms with Gasteiger partial charge in [0.15, 0.2) is 0 Å². The molecule has 0 heteroatoms. The second kappa shape index (κ2) is 12.4. The topological polar surface area (TPSA) is 0 Å². The highest BCUT2D eigenvalue weighted by molar-refractivity contribution is 4.96. The molecule has 0 saturated carbocycles. The number of hydrogen-bond donors (Lipinski definition) is 0. The van der Waals surface area contributed by atoms with Crippen molar-refractivity contribution in [2.24, 2.45) is 0 Å². The van der Waals surface area contributed by atoms with Crippen LogP contribution in [0.1, 0.15) is 60.3 Å². The third-order valence-electron chi connectivity index (χ3n) is 1.48. The van der Waals surface area contributed by atoms with E-state index in [1.807, 2.05) is 13.8 Å². The summed E-state index contributed by atoms with van der Waals surface area (Å²) < 4.78 is 0. The second-order valence-electron chi connectivity index (χ2n) is 2.56. The molecular weight excluding hydrogens is 132 g/mol. The molecule has 0 aliphatic rings. The minimum absolute atomic E-state index is 1.19. The van der Waals surface area contributed by atoms with E-state index in [4.69, 9.17) is 0 Å². The number of hydrogen-bond acceptors (Lipinski definition) is 0. The Morgan fingerprint density at radius 3 is 2.09 bits per heavy atom. The fourth-order valence-corrected chi connectivity index (χ4v) is 0.906. The van der Waals surface area contributed by atoms with E-state index in [0.29, 0.717) is 0 Å². The Kier molecular flexibility index (Phi) is 15.1. The Hall–Kier alpha value is -0.260. The largest absolute Gasteiger partial charge is 0.0859 e. The minimum Gasteiger partial charge on any atom is -0.0859 e. The molecule has 0 nitrogen and oxygen atoms in total. The molecule has 0 heterocycles. The highest BCUT2D eigenvalue weighted by Gasteiger charge is 1.85. The van der Waals surface area contributed by atoms with Crippen molar-refractivity contribution in [1.82, 2.24) is 0 Å². The highest BCUT2D eigenvalue weighted by Crippen LogP contribution is 2.05. The first-order chi connectivity index (χ1) is 5.31. The molecule has 0 rings (SSSR count). The molecule has 0 fully saturated rings. The van der Waals surface area contributed by atoms with Crippen LogP contribution in [0.25, 0.3) is 0 Å². The maximum Gasteiger partial charge on any atom is -0.0323 e. The predicted molar refractivity (Wildman–Crippen MR) is 54.9 cm³/mol. The highest BCUT2D eigenvalue weighted by atomic mass is 13.9. The molecule has 0 unspecified atom stereocenters. The Labute approximate surface area is 72.7 Å². The smallest absolute Gasteiger partial charge is 0.0323 e. The molecule has 0 atom stereocenters. The standard InChI is InChI=1S/C9H18.C2H6/c1-4-6-8-9(3)7-5-2;1-2/h7H,4-6,8H2,1-3H3;1-2H3/b9-7-;. The van der Waals surface area contributed by atoms with Gasteiger partial charge < -0.3 is 0 Å². The molecule has 0 aliphatic heterocycles. The van der Waals surface area contributed by atoms with Crippen LogP contribution in [0.4, 0.5) is 0 Å². The SMILES string of the molecule is CC.CC/C=C(/C)CCCC. The van der Waals surface area contributed by atoms with Gasteiger partial charge in [0, 0.05) is 0 Å². The van der Waals surface area contributed by atoms with Crippen LogP contribution in [0.2, 0.25) is 0 Å². The number of rotatable bonds is 4. The van der Waals surface area contributed by atoms with Crippen LogP contribution < -0.4 is 0 Å². The fraction of sp³-hybridized carbons (Fsp3) is 0.818. The average Bonchev–Trinajstić information content (AvgIpc) is 2.05. The van der Waals surface area contributed by atoms with Crippen LogP contribution in [-0.4, -0.2) is 0 Å². The van der Waals surface area contributed by atoms with Gasteiger partial charge in [-0.3, -0.25) is 0 Å². The van der Waals surface area contributed by atoms with Crippen LogP contribution in [0.5, 0.6) is 0 Å². The molecule has 0 aromatic carbocycles. The fourth-order valence-electron chi connectivity index (χ4n) is 0.906. The summed E-state index contributed by atoms with van der Waals surface area (Å²) in [5.41, 5.74) is 1.55. The second-order valence-corrected chi connectivity index (χ2v) is 2.56. The zero-order valence-electron chi connectivity index (χ0n) is 8.91. The molecule has 0 aromatic heterocycles. The summed E-state index contributed by atoms with van der Waals surface area (Å²) in [7, 11) is 0. The maximum atomic E-state index is 2.32. The van der Waals surface area contributed by atoms with Gasteiger partial charge in [0.05, 0.1) is 0 Å². The number of allylic oxidation sites excluding steroid dienone is 2. The summed E-state index contributed by atoms with van der Waals surface area (Å²) in [6.45, 7) is 10.6. The van der Waals surface area contributed by atoms with Crippen LogP contribution in [-0.2, 0) is 0 Å². The third kappa shape index (κ3) is 12.8. The Morgan fingerprint density at radius 1 is 1.18 bits per heavy atom.